The van der Waals surface area contributed by atoms with Crippen molar-refractivity contribution in [3.05, 3.63) is 0 Å². The lowest BCUT2D eigenvalue weighted by Crippen LogP contribution is -2.55. The molecule has 0 aromatic carbocycles. The highest BCUT2D eigenvalue weighted by Crippen LogP contribution is 2.24. The zero-order valence-corrected chi connectivity index (χ0v) is 7.35. The third-order valence-electron chi connectivity index (χ3n) is 1.89. The van der Waals surface area contributed by atoms with Gasteiger partial charge in [0.05, 0.1) is 0 Å². The molecule has 0 aromatic heterocycles. The summed E-state index contributed by atoms with van der Waals surface area (Å²) < 4.78 is 4.04. The summed E-state index contributed by atoms with van der Waals surface area (Å²) in [5, 5.41) is 2.89. The number of hydrogen-bond donors (Lipinski definition) is 1. The molecule has 0 saturated carbocycles. The van der Waals surface area contributed by atoms with E-state index in [4.69, 9.17) is 0 Å². The van der Waals surface area contributed by atoms with Gasteiger partial charge in [-0.05, 0) is 20.8 Å². The van der Waals surface area contributed by atoms with Crippen molar-refractivity contribution in [2.75, 3.05) is 13.2 Å². The fourth-order valence-corrected chi connectivity index (χ4v) is 1.03. The Morgan fingerprint density at radius 3 is 2.36 bits per heavy atom. The van der Waals surface area contributed by atoms with E-state index < -0.39 is 0 Å². The van der Waals surface area contributed by atoms with E-state index in [-0.39, 0.29) is 17.4 Å². The third-order valence-corrected chi connectivity index (χ3v) is 1.89. The molecule has 0 unspecified atom stereocenters. The van der Waals surface area contributed by atoms with E-state index in [1.165, 1.54) is 0 Å². The lowest BCUT2D eigenvalue weighted by Gasteiger charge is -2.32. The van der Waals surface area contributed by atoms with Gasteiger partial charge >= 0.3 is 0 Å². The molecule has 3 nitrogen and oxygen atoms in total. The fraction of sp³-hybridized carbons (Fsp3) is 0.875. The average molecular weight is 158 g/mol. The lowest BCUT2D eigenvalue weighted by molar-refractivity contribution is -0.221. The quantitative estimate of drug-likeness (QED) is 0.567. The van der Waals surface area contributed by atoms with Crippen molar-refractivity contribution in [1.82, 2.24) is 5.32 Å². The van der Waals surface area contributed by atoms with Crippen molar-refractivity contribution in [1.29, 1.82) is 0 Å². The Hall–Kier alpha value is -0.570. The maximum absolute atomic E-state index is 11.4. The van der Waals surface area contributed by atoms with Gasteiger partial charge in [0.1, 0.15) is 0 Å². The van der Waals surface area contributed by atoms with E-state index in [1.807, 2.05) is 20.8 Å². The molecule has 64 valence electrons. The third kappa shape index (κ3) is 1.71. The molecule has 1 aliphatic heterocycles. The second-order valence-corrected chi connectivity index (χ2v) is 3.73. The van der Waals surface area contributed by atoms with Gasteiger partial charge in [-0.25, -0.2) is 0 Å². The molecule has 1 aliphatic rings. The Kier molecular flexibility index (Phi) is 2.18. The Morgan fingerprint density at radius 2 is 2.09 bits per heavy atom. The topological polar surface area (TPSA) is 41.9 Å². The number of carbonyl (C=O) groups is 1. The summed E-state index contributed by atoms with van der Waals surface area (Å²) >= 11 is 0. The molecular weight excluding hydrogens is 142 g/mol. The van der Waals surface area contributed by atoms with E-state index in [1.54, 1.807) is 0 Å². The van der Waals surface area contributed by atoms with E-state index in [9.17, 15) is 4.79 Å². The first kappa shape index (κ1) is 8.53. The Morgan fingerprint density at radius 1 is 1.55 bits per heavy atom. The molecule has 0 atom stereocenters. The summed E-state index contributed by atoms with van der Waals surface area (Å²) in [6, 6.07) is 0.236. The van der Waals surface area contributed by atoms with Gasteiger partial charge in [0.25, 0.3) is 0 Å². The van der Waals surface area contributed by atoms with Crippen molar-refractivity contribution >= 4 is 5.91 Å². The second kappa shape index (κ2) is 2.81. The van der Waals surface area contributed by atoms with Crippen LogP contribution in [-0.4, -0.2) is 29.9 Å². The molecular formula is C8H16NO2+. The average Bonchev–Trinajstić information content (AvgIpc) is 1.81. The molecule has 1 fully saturated rings. The summed E-state index contributed by atoms with van der Waals surface area (Å²) in [5.41, 5.74) is -0.204. The molecule has 1 rings (SSSR count). The smallest absolute Gasteiger partial charge is 0.241 e. The van der Waals surface area contributed by atoms with Gasteiger partial charge in [-0.3, -0.25) is 4.79 Å². The minimum atomic E-state index is -0.204. The van der Waals surface area contributed by atoms with Crippen LogP contribution < -0.4 is 5.32 Å². The SMILES string of the molecule is CC(C)NC(=O)C1(C)C[OH+]C1. The van der Waals surface area contributed by atoms with E-state index >= 15 is 0 Å². The number of ether oxygens (including phenoxy) is 1. The predicted molar refractivity (Wildman–Crippen MR) is 43.3 cm³/mol. The van der Waals surface area contributed by atoms with Crippen LogP contribution in [0.1, 0.15) is 20.8 Å². The number of nitrogens with one attached hydrogen (secondary N) is 1. The van der Waals surface area contributed by atoms with Crippen LogP contribution in [0.2, 0.25) is 0 Å². The zero-order valence-electron chi connectivity index (χ0n) is 7.35. The van der Waals surface area contributed by atoms with E-state index in [0.717, 1.165) is 0 Å². The highest BCUT2D eigenvalue weighted by molar-refractivity contribution is 5.83. The van der Waals surface area contributed by atoms with Crippen molar-refractivity contribution in [3.8, 4) is 0 Å². The molecule has 0 bridgehead atoms. The van der Waals surface area contributed by atoms with E-state index in [0.29, 0.717) is 13.2 Å². The minimum absolute atomic E-state index is 0.141. The Bertz CT molecular complexity index is 161. The standard InChI is InChI=1S/C8H15NO2/c1-6(2)9-7(10)8(3)4-11-5-8/h6H,4-5H2,1-3H3,(H,9,10)/p+1. The molecule has 2 N–H and O–H groups in total. The van der Waals surface area contributed by atoms with Gasteiger partial charge in [-0.15, -0.1) is 0 Å². The maximum Gasteiger partial charge on any atom is 0.241 e. The number of aliphatic hydroxyl groups is 2. The number of rotatable bonds is 2. The molecule has 0 spiro atoms. The van der Waals surface area contributed by atoms with Crippen LogP contribution in [0.25, 0.3) is 0 Å². The first-order chi connectivity index (χ1) is 5.04. The van der Waals surface area contributed by atoms with Gasteiger partial charge in [0.15, 0.2) is 18.6 Å². The second-order valence-electron chi connectivity index (χ2n) is 3.73. The van der Waals surface area contributed by atoms with Gasteiger partial charge in [0, 0.05) is 6.04 Å². The largest absolute Gasteiger partial charge is 0.432 e. The number of amides is 1. The molecule has 0 radical (unpaired) electrons. The molecule has 0 aromatic rings. The van der Waals surface area contributed by atoms with Crippen LogP contribution in [0.5, 0.6) is 0 Å². The first-order valence-electron chi connectivity index (χ1n) is 3.99. The van der Waals surface area contributed by atoms with Gasteiger partial charge in [-0.1, -0.05) is 0 Å². The van der Waals surface area contributed by atoms with Gasteiger partial charge in [-0.2, -0.15) is 0 Å². The lowest BCUT2D eigenvalue weighted by atomic mass is 9.87. The Labute approximate surface area is 67.1 Å². The van der Waals surface area contributed by atoms with Gasteiger partial charge in [0.2, 0.25) is 5.91 Å². The Balaban J connectivity index is 2.40. The molecule has 0 aliphatic carbocycles. The van der Waals surface area contributed by atoms with Crippen molar-refractivity contribution in [2.24, 2.45) is 5.41 Å². The monoisotopic (exact) mass is 158 g/mol. The summed E-state index contributed by atoms with van der Waals surface area (Å²) in [7, 11) is 0. The molecule has 1 heterocycles. The van der Waals surface area contributed by atoms with E-state index in [2.05, 4.69) is 10.1 Å². The highest BCUT2D eigenvalue weighted by atomic mass is 16.5. The predicted octanol–water partition coefficient (Wildman–Crippen LogP) is 0.0589. The van der Waals surface area contributed by atoms with Crippen molar-refractivity contribution in [3.63, 3.8) is 0 Å². The van der Waals surface area contributed by atoms with Crippen LogP contribution >= 0.6 is 0 Å². The summed E-state index contributed by atoms with van der Waals surface area (Å²) in [6.07, 6.45) is 0. The van der Waals surface area contributed by atoms with Crippen LogP contribution in [0.3, 0.4) is 0 Å². The van der Waals surface area contributed by atoms with Crippen molar-refractivity contribution < 1.29 is 9.53 Å². The van der Waals surface area contributed by atoms with Crippen molar-refractivity contribution in [2.45, 2.75) is 26.8 Å². The summed E-state index contributed by atoms with van der Waals surface area (Å²) in [6.45, 7) is 7.27. The molecule has 3 heteroatoms. The van der Waals surface area contributed by atoms with Crippen LogP contribution in [0.4, 0.5) is 0 Å². The van der Waals surface area contributed by atoms with Crippen LogP contribution in [0, 0.1) is 5.41 Å². The van der Waals surface area contributed by atoms with Gasteiger partial charge < -0.3 is 10.1 Å². The minimum Gasteiger partial charge on any atom is -0.432 e. The van der Waals surface area contributed by atoms with Crippen LogP contribution in [-0.2, 0) is 4.79 Å². The normalized spacial score (nSPS) is 21.1. The summed E-state index contributed by atoms with van der Waals surface area (Å²) in [5.74, 6) is 0.141. The fourth-order valence-electron chi connectivity index (χ4n) is 1.03. The number of hydrogen-bond acceptors (Lipinski definition) is 1. The molecule has 11 heavy (non-hydrogen) atoms. The number of carbonyl (C=O) groups excluding carboxylic acids is 1. The molecule has 1 saturated heterocycles. The van der Waals surface area contributed by atoms with Crippen LogP contribution in [0.15, 0.2) is 0 Å². The zero-order chi connectivity index (χ0) is 8.48. The maximum atomic E-state index is 11.4. The molecule has 1 amide bonds. The highest BCUT2D eigenvalue weighted by Gasteiger charge is 2.47. The summed E-state index contributed by atoms with van der Waals surface area (Å²) in [4.78, 5) is 11.4. The first-order valence-corrected chi connectivity index (χ1v) is 3.99.